The molecule has 1 fully saturated rings. The van der Waals surface area contributed by atoms with E-state index in [-0.39, 0.29) is 11.9 Å². The molecule has 2 N–H and O–H groups in total. The van der Waals surface area contributed by atoms with Gasteiger partial charge >= 0.3 is 5.97 Å². The van der Waals surface area contributed by atoms with Crippen molar-refractivity contribution in [2.24, 2.45) is 0 Å². The summed E-state index contributed by atoms with van der Waals surface area (Å²) in [6.45, 7) is 1.25. The van der Waals surface area contributed by atoms with E-state index in [9.17, 15) is 9.59 Å². The van der Waals surface area contributed by atoms with E-state index in [1.54, 1.807) is 44.0 Å². The van der Waals surface area contributed by atoms with Crippen LogP contribution in [0.5, 0.6) is 11.5 Å². The minimum Gasteiger partial charge on any atom is -0.493 e. The van der Waals surface area contributed by atoms with Crippen molar-refractivity contribution in [3.8, 4) is 11.5 Å². The molecule has 11 nitrogen and oxygen atoms in total. The number of anilines is 3. The molecule has 38 heavy (non-hydrogen) atoms. The Labute approximate surface area is 222 Å². The fourth-order valence-electron chi connectivity index (χ4n) is 4.23. The molecule has 1 aliphatic rings. The van der Waals surface area contributed by atoms with E-state index in [0.717, 1.165) is 16.9 Å². The minimum atomic E-state index is -0.443. The summed E-state index contributed by atoms with van der Waals surface area (Å²) in [5.74, 6) is 1.72. The van der Waals surface area contributed by atoms with Gasteiger partial charge in [0.2, 0.25) is 5.95 Å². The fraction of sp³-hybridized carbons (Fsp3) is 0.269. The van der Waals surface area contributed by atoms with Gasteiger partial charge in [-0.25, -0.2) is 9.78 Å². The van der Waals surface area contributed by atoms with E-state index in [4.69, 9.17) is 24.2 Å². The lowest BCUT2D eigenvalue weighted by molar-refractivity contribution is 0.0600. The SMILES string of the molecule is COC(=O)c1ccc(C(=O)NC2CCN(c3nc(Nc4ccc(OC)c(OC)c4)c4ncsc4n3)C2)cc1. The van der Waals surface area contributed by atoms with Gasteiger partial charge < -0.3 is 29.7 Å². The maximum absolute atomic E-state index is 12.8. The lowest BCUT2D eigenvalue weighted by Gasteiger charge is -2.18. The number of methoxy groups -OCH3 is 3. The predicted octanol–water partition coefficient (Wildman–Crippen LogP) is 3.64. The Bertz CT molecular complexity index is 1480. The largest absolute Gasteiger partial charge is 0.493 e. The molecule has 1 saturated heterocycles. The van der Waals surface area contributed by atoms with Gasteiger partial charge in [0, 0.05) is 36.4 Å². The number of aromatic nitrogens is 3. The number of benzene rings is 2. The van der Waals surface area contributed by atoms with Crippen molar-refractivity contribution < 1.29 is 23.8 Å². The average molecular weight is 535 g/mol. The number of carbonyl (C=O) groups is 2. The molecular formula is C26H26N6O5S. The van der Waals surface area contributed by atoms with Gasteiger partial charge in [-0.15, -0.1) is 11.3 Å². The van der Waals surface area contributed by atoms with Gasteiger partial charge in [-0.1, -0.05) is 0 Å². The second kappa shape index (κ2) is 10.9. The van der Waals surface area contributed by atoms with Crippen LogP contribution in [0.25, 0.3) is 10.3 Å². The van der Waals surface area contributed by atoms with Gasteiger partial charge in [-0.05, 0) is 42.8 Å². The molecule has 0 radical (unpaired) electrons. The molecule has 0 saturated carbocycles. The highest BCUT2D eigenvalue weighted by Crippen LogP contribution is 2.33. The van der Waals surface area contributed by atoms with Gasteiger partial charge in [0.25, 0.3) is 5.91 Å². The Balaban J connectivity index is 1.30. The molecule has 0 aliphatic carbocycles. The Morgan fingerprint density at radius 2 is 1.76 bits per heavy atom. The third-order valence-corrected chi connectivity index (χ3v) is 6.93. The standard InChI is InChI=1S/C26H26N6O5S/c1-35-19-9-8-17(12-20(19)36-2)28-22-21-24(38-14-27-21)31-26(30-22)32-11-10-18(13-32)29-23(33)15-4-6-16(7-5-15)25(34)37-3/h4-9,12,14,18H,10-11,13H2,1-3H3,(H,29,33)(H,28,30,31). The highest BCUT2D eigenvalue weighted by atomic mass is 32.1. The van der Waals surface area contributed by atoms with Crippen molar-refractivity contribution in [1.82, 2.24) is 20.3 Å². The molecule has 4 aromatic rings. The second-order valence-electron chi connectivity index (χ2n) is 8.55. The minimum absolute atomic E-state index is 0.0780. The summed E-state index contributed by atoms with van der Waals surface area (Å²) < 4.78 is 15.4. The zero-order chi connectivity index (χ0) is 26.6. The molecule has 0 spiro atoms. The highest BCUT2D eigenvalue weighted by molar-refractivity contribution is 7.16. The summed E-state index contributed by atoms with van der Waals surface area (Å²) in [7, 11) is 4.50. The molecule has 2 aromatic carbocycles. The Kier molecular flexibility index (Phi) is 7.22. The maximum Gasteiger partial charge on any atom is 0.337 e. The van der Waals surface area contributed by atoms with Crippen molar-refractivity contribution >= 4 is 51.0 Å². The second-order valence-corrected chi connectivity index (χ2v) is 9.38. The molecule has 1 unspecified atom stereocenters. The summed E-state index contributed by atoms with van der Waals surface area (Å²) in [5.41, 5.74) is 4.05. The first-order valence-corrected chi connectivity index (χ1v) is 12.7. The number of esters is 1. The number of hydrogen-bond acceptors (Lipinski definition) is 11. The molecule has 1 atom stereocenters. The summed E-state index contributed by atoms with van der Waals surface area (Å²) in [6, 6.07) is 11.8. The van der Waals surface area contributed by atoms with Crippen LogP contribution < -0.4 is 25.0 Å². The van der Waals surface area contributed by atoms with E-state index in [1.807, 2.05) is 23.1 Å². The lowest BCUT2D eigenvalue weighted by Crippen LogP contribution is -2.37. The molecule has 1 amide bonds. The van der Waals surface area contributed by atoms with E-state index in [2.05, 4.69) is 15.6 Å². The Hall–Kier alpha value is -4.45. The van der Waals surface area contributed by atoms with Gasteiger partial charge in [0.05, 0.1) is 32.4 Å². The molecule has 12 heteroatoms. The van der Waals surface area contributed by atoms with E-state index in [0.29, 0.717) is 53.0 Å². The third kappa shape index (κ3) is 5.16. The van der Waals surface area contributed by atoms with Crippen molar-refractivity contribution in [3.05, 3.63) is 59.1 Å². The maximum atomic E-state index is 12.8. The number of carbonyl (C=O) groups excluding carboxylic acids is 2. The molecule has 0 bridgehead atoms. The summed E-state index contributed by atoms with van der Waals surface area (Å²) in [5, 5.41) is 6.40. The van der Waals surface area contributed by atoms with Crippen LogP contribution in [-0.4, -0.2) is 67.3 Å². The van der Waals surface area contributed by atoms with Gasteiger partial charge in [-0.3, -0.25) is 4.79 Å². The first-order valence-electron chi connectivity index (χ1n) is 11.8. The zero-order valence-corrected chi connectivity index (χ0v) is 21.9. The zero-order valence-electron chi connectivity index (χ0n) is 21.1. The third-order valence-electron chi connectivity index (χ3n) is 6.21. The van der Waals surface area contributed by atoms with Crippen LogP contribution >= 0.6 is 11.3 Å². The monoisotopic (exact) mass is 534 g/mol. The van der Waals surface area contributed by atoms with Gasteiger partial charge in [-0.2, -0.15) is 9.97 Å². The highest BCUT2D eigenvalue weighted by Gasteiger charge is 2.27. The topological polar surface area (TPSA) is 128 Å². The van der Waals surface area contributed by atoms with Crippen LogP contribution in [0.15, 0.2) is 48.0 Å². The smallest absolute Gasteiger partial charge is 0.337 e. The number of rotatable bonds is 8. The average Bonchev–Trinajstić information content (AvgIpc) is 3.62. The number of thiazole rings is 1. The molecule has 2 aromatic heterocycles. The molecule has 196 valence electrons. The van der Waals surface area contributed by atoms with Crippen LogP contribution in [0, 0.1) is 0 Å². The lowest BCUT2D eigenvalue weighted by atomic mass is 10.1. The quantitative estimate of drug-likeness (QED) is 0.323. The van der Waals surface area contributed by atoms with E-state index < -0.39 is 5.97 Å². The van der Waals surface area contributed by atoms with Crippen LogP contribution in [0.4, 0.5) is 17.5 Å². The Morgan fingerprint density at radius 1 is 1.00 bits per heavy atom. The van der Waals surface area contributed by atoms with Crippen molar-refractivity contribution in [3.63, 3.8) is 0 Å². The number of nitrogens with one attached hydrogen (secondary N) is 2. The number of fused-ring (bicyclic) bond motifs is 1. The number of amides is 1. The molecular weight excluding hydrogens is 508 g/mol. The van der Waals surface area contributed by atoms with Crippen LogP contribution in [0.2, 0.25) is 0 Å². The van der Waals surface area contributed by atoms with Crippen molar-refractivity contribution in [2.45, 2.75) is 12.5 Å². The fourth-order valence-corrected chi connectivity index (χ4v) is 4.89. The normalized spacial score (nSPS) is 14.8. The summed E-state index contributed by atoms with van der Waals surface area (Å²) in [4.78, 5) is 41.1. The first-order chi connectivity index (χ1) is 18.5. The van der Waals surface area contributed by atoms with E-state index >= 15 is 0 Å². The van der Waals surface area contributed by atoms with Crippen LogP contribution in [-0.2, 0) is 4.74 Å². The van der Waals surface area contributed by atoms with Gasteiger partial charge in [0.1, 0.15) is 5.52 Å². The molecule has 1 aliphatic heterocycles. The molecule has 3 heterocycles. The van der Waals surface area contributed by atoms with Crippen molar-refractivity contribution in [1.29, 1.82) is 0 Å². The Morgan fingerprint density at radius 3 is 2.50 bits per heavy atom. The first kappa shape index (κ1) is 25.2. The number of ether oxygens (including phenoxy) is 3. The summed E-state index contributed by atoms with van der Waals surface area (Å²) in [6.07, 6.45) is 0.745. The molecule has 5 rings (SSSR count). The number of hydrogen-bond donors (Lipinski definition) is 2. The van der Waals surface area contributed by atoms with Crippen molar-refractivity contribution in [2.75, 3.05) is 44.6 Å². The van der Waals surface area contributed by atoms with Crippen LogP contribution in [0.1, 0.15) is 27.1 Å². The van der Waals surface area contributed by atoms with Crippen LogP contribution in [0.3, 0.4) is 0 Å². The summed E-state index contributed by atoms with van der Waals surface area (Å²) >= 11 is 1.44. The van der Waals surface area contributed by atoms with E-state index in [1.165, 1.54) is 18.4 Å². The number of nitrogens with zero attached hydrogens (tertiary/aromatic N) is 4. The predicted molar refractivity (Wildman–Crippen MR) is 144 cm³/mol. The van der Waals surface area contributed by atoms with Gasteiger partial charge in [0.15, 0.2) is 22.1 Å².